The van der Waals surface area contributed by atoms with Crippen LogP contribution in [-0.4, -0.2) is 113 Å². The number of carboxylic acid groups (broad SMARTS) is 3. The van der Waals surface area contributed by atoms with Gasteiger partial charge in [0.25, 0.3) is 0 Å². The molecule has 1 aromatic carbocycles. The largest absolute Gasteiger partial charge is 0.494 e. The summed E-state index contributed by atoms with van der Waals surface area (Å²) >= 11 is 0. The number of nitrogens with zero attached hydrogens (tertiary/aromatic N) is 3. The highest BCUT2D eigenvalue weighted by Gasteiger charge is 2.24. The van der Waals surface area contributed by atoms with E-state index in [2.05, 4.69) is 0 Å². The molecule has 0 aliphatic carbocycles. The average Bonchev–Trinajstić information content (AvgIpc) is 2.76. The summed E-state index contributed by atoms with van der Waals surface area (Å²) in [5.41, 5.74) is 0.935. The summed E-state index contributed by atoms with van der Waals surface area (Å²) in [6, 6.07) is 7.10. The van der Waals surface area contributed by atoms with E-state index < -0.39 is 17.9 Å². The second-order valence-corrected chi connectivity index (χ2v) is 7.69. The van der Waals surface area contributed by atoms with Gasteiger partial charge in [0.05, 0.1) is 26.2 Å². The maximum atomic E-state index is 11.5. The van der Waals surface area contributed by atoms with E-state index in [1.807, 2.05) is 38.1 Å². The smallest absolute Gasteiger partial charge is 0.317 e. The molecule has 0 amide bonds. The second-order valence-electron chi connectivity index (χ2n) is 7.69. The zero-order valence-corrected chi connectivity index (χ0v) is 19.5. The van der Waals surface area contributed by atoms with Gasteiger partial charge in [-0.25, -0.2) is 0 Å². The molecule has 1 aromatic rings. The first-order chi connectivity index (χ1) is 16.2. The molecule has 10 nitrogen and oxygen atoms in total. The van der Waals surface area contributed by atoms with Crippen LogP contribution in [0, 0.1) is 0 Å². The summed E-state index contributed by atoms with van der Waals surface area (Å²) in [5, 5.41) is 27.9. The second kappa shape index (κ2) is 15.2. The van der Waals surface area contributed by atoms with Gasteiger partial charge in [0.15, 0.2) is 0 Å². The molecule has 1 unspecified atom stereocenters. The van der Waals surface area contributed by atoms with E-state index in [0.29, 0.717) is 32.7 Å². The molecule has 0 aliphatic rings. The van der Waals surface area contributed by atoms with Crippen LogP contribution in [0.1, 0.15) is 27.7 Å². The Balaban J connectivity index is 3.09. The van der Waals surface area contributed by atoms with Gasteiger partial charge in [0.2, 0.25) is 0 Å². The Hall–Kier alpha value is -2.69. The van der Waals surface area contributed by atoms with Gasteiger partial charge in [-0.1, -0.05) is 26.0 Å². The summed E-state index contributed by atoms with van der Waals surface area (Å²) < 4.78 is 13.1. The summed E-state index contributed by atoms with van der Waals surface area (Å²) in [7, 11) is 0. The molecule has 1 atom stereocenters. The van der Waals surface area contributed by atoms with Crippen molar-refractivity contribution in [2.75, 3.05) is 59.0 Å². The first-order valence-corrected chi connectivity index (χ1v) is 11.0. The third kappa shape index (κ3) is 11.7. The lowest BCUT2D eigenvalue weighted by atomic mass is 10.0. The first kappa shape index (κ1) is 26.6. The van der Waals surface area contributed by atoms with E-state index in [-0.39, 0.29) is 45.7 Å². The Morgan fingerprint density at radius 3 is 2.00 bits per heavy atom. The number of ether oxygens (including phenoxy) is 1. The highest BCUT2D eigenvalue weighted by Crippen LogP contribution is 2.16. The molecule has 33 heavy (non-hydrogen) atoms. The predicted molar refractivity (Wildman–Crippen MR) is 124 cm³/mol. The summed E-state index contributed by atoms with van der Waals surface area (Å²) in [6.07, 6.45) is 0.461. The summed E-state index contributed by atoms with van der Waals surface area (Å²) in [6.45, 7) is 5.29. The first-order valence-electron chi connectivity index (χ1n) is 11.7. The number of likely N-dealkylation sites (N-methyl/N-ethyl adjacent to an activating group) is 2. The Labute approximate surface area is 196 Å². The van der Waals surface area contributed by atoms with Crippen molar-refractivity contribution in [3.8, 4) is 5.75 Å². The van der Waals surface area contributed by atoms with Crippen LogP contribution >= 0.6 is 0 Å². The number of hydrogen-bond acceptors (Lipinski definition) is 7. The van der Waals surface area contributed by atoms with Crippen molar-refractivity contribution in [2.24, 2.45) is 0 Å². The van der Waals surface area contributed by atoms with E-state index in [4.69, 9.17) is 11.2 Å². The molecule has 186 valence electrons. The molecule has 10 heteroatoms. The van der Waals surface area contributed by atoms with Crippen LogP contribution in [-0.2, 0) is 20.8 Å². The van der Waals surface area contributed by atoms with Crippen molar-refractivity contribution >= 4 is 17.9 Å². The van der Waals surface area contributed by atoms with E-state index in [1.165, 1.54) is 0 Å². The maximum Gasteiger partial charge on any atom is 0.317 e. The molecule has 0 fully saturated rings. The number of benzene rings is 1. The molecule has 0 bridgehead atoms. The molecule has 0 aromatic heterocycles. The van der Waals surface area contributed by atoms with Gasteiger partial charge in [0, 0.05) is 27.0 Å². The van der Waals surface area contributed by atoms with Crippen LogP contribution < -0.4 is 4.74 Å². The average molecular weight is 469 g/mol. The monoisotopic (exact) mass is 468 g/mol. The summed E-state index contributed by atoms with van der Waals surface area (Å²) in [4.78, 5) is 39.2. The van der Waals surface area contributed by atoms with Crippen LogP contribution in [0.3, 0.4) is 0 Å². The Morgan fingerprint density at radius 2 is 1.48 bits per heavy atom. The van der Waals surface area contributed by atoms with Crippen molar-refractivity contribution in [2.45, 2.75) is 33.2 Å². The lowest BCUT2D eigenvalue weighted by molar-refractivity contribution is -0.141. The molecule has 0 heterocycles. The van der Waals surface area contributed by atoms with Crippen molar-refractivity contribution in [3.05, 3.63) is 29.8 Å². The zero-order chi connectivity index (χ0) is 25.5. The molecule has 3 N–H and O–H groups in total. The van der Waals surface area contributed by atoms with Crippen molar-refractivity contribution in [1.29, 1.82) is 0 Å². The fraction of sp³-hybridized carbons (Fsp3) is 0.609. The van der Waals surface area contributed by atoms with E-state index >= 15 is 0 Å². The minimum atomic E-state index is -1.02. The number of carboxylic acids is 3. The van der Waals surface area contributed by atoms with Crippen LogP contribution in [0.15, 0.2) is 24.3 Å². The van der Waals surface area contributed by atoms with Gasteiger partial charge in [0.1, 0.15) is 5.75 Å². The normalized spacial score (nSPS) is 12.7. The van der Waals surface area contributed by atoms with Crippen LogP contribution in [0.25, 0.3) is 0 Å². The highest BCUT2D eigenvalue weighted by atomic mass is 16.5. The third-order valence-corrected chi connectivity index (χ3v) is 5.21. The fourth-order valence-corrected chi connectivity index (χ4v) is 3.58. The van der Waals surface area contributed by atoms with Gasteiger partial charge in [-0.3, -0.25) is 29.1 Å². The molecular formula is C23H37N3O7. The molecule has 0 radical (unpaired) electrons. The maximum absolute atomic E-state index is 11.5. The fourth-order valence-electron chi connectivity index (χ4n) is 3.58. The van der Waals surface area contributed by atoms with E-state index in [1.54, 1.807) is 14.7 Å². The van der Waals surface area contributed by atoms with E-state index in [0.717, 1.165) is 11.3 Å². The minimum Gasteiger partial charge on any atom is -0.494 e. The van der Waals surface area contributed by atoms with Gasteiger partial charge < -0.3 is 20.1 Å². The lowest BCUT2D eigenvalue weighted by Crippen LogP contribution is -2.49. The molecule has 1 rings (SSSR count). The standard InChI is InChI=1S/C23H37N3O7/c1-4-24(15-21(27)28)11-12-25(16-22(29)30)14-19(26(5-2)17-23(31)32)13-18-7-9-20(10-8-18)33-6-3/h7-10,19H,4-6,11-17H2,1-3H3,(H,27,28)(H,29,30)(H,31,32)/i2D. The van der Waals surface area contributed by atoms with E-state index in [9.17, 15) is 24.6 Å². The van der Waals surface area contributed by atoms with Crippen molar-refractivity contribution in [1.82, 2.24) is 14.7 Å². The Kier molecular flexibility index (Phi) is 12.2. The Bertz CT molecular complexity index is 763. The molecule has 0 spiro atoms. The molecule has 0 saturated heterocycles. The topological polar surface area (TPSA) is 131 Å². The number of rotatable bonds is 18. The van der Waals surface area contributed by atoms with Gasteiger partial charge in [-0.2, -0.15) is 0 Å². The minimum absolute atomic E-state index is 0.00815. The van der Waals surface area contributed by atoms with Gasteiger partial charge in [-0.15, -0.1) is 0 Å². The molecule has 0 saturated carbocycles. The van der Waals surface area contributed by atoms with Crippen molar-refractivity contribution in [3.63, 3.8) is 0 Å². The quantitative estimate of drug-likeness (QED) is 0.289. The summed E-state index contributed by atoms with van der Waals surface area (Å²) in [5.74, 6) is -2.27. The highest BCUT2D eigenvalue weighted by molar-refractivity contribution is 5.70. The van der Waals surface area contributed by atoms with Crippen LogP contribution in [0.2, 0.25) is 0 Å². The van der Waals surface area contributed by atoms with Gasteiger partial charge in [-0.05, 0) is 44.1 Å². The lowest BCUT2D eigenvalue weighted by Gasteiger charge is -2.34. The van der Waals surface area contributed by atoms with Gasteiger partial charge >= 0.3 is 17.9 Å². The molecule has 0 aliphatic heterocycles. The zero-order valence-electron chi connectivity index (χ0n) is 20.5. The SMILES string of the molecule is [2H]CCN(CC(=O)O)C(Cc1ccc(OCC)cc1)CN(CCN(CC)CC(=O)O)CC(=O)O. The number of aliphatic carboxylic acids is 3. The van der Waals surface area contributed by atoms with Crippen LogP contribution in [0.4, 0.5) is 0 Å². The number of hydrogen-bond donors (Lipinski definition) is 3. The van der Waals surface area contributed by atoms with Crippen molar-refractivity contribution < 1.29 is 35.8 Å². The number of carbonyl (C=O) groups is 3. The molecular weight excluding hydrogens is 430 g/mol. The Morgan fingerprint density at radius 1 is 0.909 bits per heavy atom. The van der Waals surface area contributed by atoms with Crippen LogP contribution in [0.5, 0.6) is 5.75 Å². The third-order valence-electron chi connectivity index (χ3n) is 5.21. The predicted octanol–water partition coefficient (Wildman–Crippen LogP) is 1.20.